The number of hydrogen-bond donors (Lipinski definition) is 0. The maximum absolute atomic E-state index is 13.8. The summed E-state index contributed by atoms with van der Waals surface area (Å²) < 4.78 is 35.6. The summed E-state index contributed by atoms with van der Waals surface area (Å²) in [6.07, 6.45) is 5.13. The number of benzene rings is 1. The first-order valence-corrected chi connectivity index (χ1v) is 13.2. The van der Waals surface area contributed by atoms with E-state index in [1.165, 1.54) is 0 Å². The first-order chi connectivity index (χ1) is 17.3. The molecule has 3 rings (SSSR count). The SMILES string of the molecule is COCc1c2c3c(c(C(=O)OC(C)(C)C)c1C(=O)OC(C)(C)C)COCCCCCCC(OC)(C3)OC2. The quantitative estimate of drug-likeness (QED) is 0.461. The van der Waals surface area contributed by atoms with Crippen LogP contribution in [0.3, 0.4) is 0 Å². The van der Waals surface area contributed by atoms with Gasteiger partial charge in [-0.2, -0.15) is 0 Å². The molecule has 0 aromatic heterocycles. The lowest BCUT2D eigenvalue weighted by molar-refractivity contribution is -0.240. The number of carbonyl (C=O) groups is 2. The van der Waals surface area contributed by atoms with E-state index in [0.29, 0.717) is 24.2 Å². The number of methoxy groups -OCH3 is 2. The molecule has 0 aliphatic carbocycles. The second kappa shape index (κ2) is 11.8. The second-order valence-corrected chi connectivity index (χ2v) is 11.9. The lowest BCUT2D eigenvalue weighted by atomic mass is 9.81. The predicted molar refractivity (Wildman–Crippen MR) is 138 cm³/mol. The molecule has 8 nitrogen and oxygen atoms in total. The molecule has 0 amide bonds. The molecule has 2 bridgehead atoms. The van der Waals surface area contributed by atoms with Crippen LogP contribution in [0.1, 0.15) is 117 Å². The molecule has 208 valence electrons. The van der Waals surface area contributed by atoms with Crippen LogP contribution in [0, 0.1) is 0 Å². The minimum atomic E-state index is -0.816. The highest BCUT2D eigenvalue weighted by Crippen LogP contribution is 2.41. The zero-order valence-electron chi connectivity index (χ0n) is 23.8. The average molecular weight is 521 g/mol. The van der Waals surface area contributed by atoms with Crippen molar-refractivity contribution in [2.24, 2.45) is 0 Å². The number of carbonyl (C=O) groups excluding carboxylic acids is 2. The topological polar surface area (TPSA) is 89.5 Å². The summed E-state index contributed by atoms with van der Waals surface area (Å²) in [6, 6.07) is 0. The first-order valence-electron chi connectivity index (χ1n) is 13.2. The molecule has 37 heavy (non-hydrogen) atoms. The standard InChI is InChI=1S/C29H44O8/c1-27(2,3)36-25(30)23-21(16-32-7)20-18-35-29(33-8)13-11-9-10-12-14-34-17-22(19(20)15-29)24(23)26(31)37-28(4,5)6/h9-18H2,1-8H3. The monoisotopic (exact) mass is 520 g/mol. The van der Waals surface area contributed by atoms with Gasteiger partial charge < -0.3 is 28.4 Å². The molecule has 0 saturated heterocycles. The molecule has 0 saturated carbocycles. The van der Waals surface area contributed by atoms with Gasteiger partial charge in [-0.15, -0.1) is 0 Å². The molecule has 8 heteroatoms. The summed E-state index contributed by atoms with van der Waals surface area (Å²) in [6.45, 7) is 11.9. The van der Waals surface area contributed by atoms with Crippen molar-refractivity contribution < 1.29 is 38.0 Å². The fraction of sp³-hybridized carbons (Fsp3) is 0.724. The van der Waals surface area contributed by atoms with Crippen molar-refractivity contribution in [3.8, 4) is 0 Å². The summed E-state index contributed by atoms with van der Waals surface area (Å²) in [5.41, 5.74) is 1.73. The third kappa shape index (κ3) is 7.31. The summed E-state index contributed by atoms with van der Waals surface area (Å²) in [5, 5.41) is 0. The second-order valence-electron chi connectivity index (χ2n) is 11.9. The van der Waals surface area contributed by atoms with Gasteiger partial charge in [-0.25, -0.2) is 9.59 Å². The maximum Gasteiger partial charge on any atom is 0.339 e. The van der Waals surface area contributed by atoms with Crippen molar-refractivity contribution in [1.29, 1.82) is 0 Å². The highest BCUT2D eigenvalue weighted by atomic mass is 16.7. The number of esters is 2. The molecule has 1 aromatic rings. The van der Waals surface area contributed by atoms with Crippen molar-refractivity contribution in [2.45, 2.75) is 117 Å². The minimum Gasteiger partial charge on any atom is -0.456 e. The third-order valence-electron chi connectivity index (χ3n) is 6.58. The van der Waals surface area contributed by atoms with Gasteiger partial charge in [-0.3, -0.25) is 0 Å². The van der Waals surface area contributed by atoms with Crippen LogP contribution in [0.4, 0.5) is 0 Å². The zero-order valence-corrected chi connectivity index (χ0v) is 23.8. The Labute approximate surface area is 221 Å². The molecule has 1 aromatic carbocycles. The molecule has 0 spiro atoms. The average Bonchev–Trinajstić information content (AvgIpc) is 2.78. The van der Waals surface area contributed by atoms with E-state index in [0.717, 1.165) is 43.2 Å². The smallest absolute Gasteiger partial charge is 0.339 e. The van der Waals surface area contributed by atoms with Crippen LogP contribution in [0.2, 0.25) is 0 Å². The number of hydrogen-bond acceptors (Lipinski definition) is 8. The molecule has 1 unspecified atom stereocenters. The van der Waals surface area contributed by atoms with Crippen molar-refractivity contribution in [3.63, 3.8) is 0 Å². The fourth-order valence-corrected chi connectivity index (χ4v) is 4.97. The van der Waals surface area contributed by atoms with Gasteiger partial charge >= 0.3 is 11.9 Å². The molecule has 0 radical (unpaired) electrons. The van der Waals surface area contributed by atoms with Gasteiger partial charge in [-0.05, 0) is 76.6 Å². The Morgan fingerprint density at radius 1 is 0.811 bits per heavy atom. The molecular weight excluding hydrogens is 476 g/mol. The molecule has 2 aliphatic heterocycles. The van der Waals surface area contributed by atoms with E-state index >= 15 is 0 Å². The van der Waals surface area contributed by atoms with Gasteiger partial charge in [0.2, 0.25) is 0 Å². The molecule has 2 aliphatic rings. The van der Waals surface area contributed by atoms with E-state index in [1.54, 1.807) is 55.8 Å². The lowest BCUT2D eigenvalue weighted by Crippen LogP contribution is -2.42. The van der Waals surface area contributed by atoms with Crippen LogP contribution in [0.25, 0.3) is 0 Å². The Morgan fingerprint density at radius 2 is 1.43 bits per heavy atom. The Balaban J connectivity index is 2.34. The Hall–Kier alpha value is -2.00. The molecule has 1 atom stereocenters. The van der Waals surface area contributed by atoms with Crippen molar-refractivity contribution in [3.05, 3.63) is 33.4 Å². The summed E-state index contributed by atoms with van der Waals surface area (Å²) in [4.78, 5) is 27.5. The van der Waals surface area contributed by atoms with Crippen molar-refractivity contribution in [1.82, 2.24) is 0 Å². The van der Waals surface area contributed by atoms with Gasteiger partial charge in [0, 0.05) is 33.7 Å². The van der Waals surface area contributed by atoms with Crippen LogP contribution < -0.4 is 0 Å². The highest BCUT2D eigenvalue weighted by Gasteiger charge is 2.42. The largest absolute Gasteiger partial charge is 0.456 e. The van der Waals surface area contributed by atoms with Crippen molar-refractivity contribution >= 4 is 11.9 Å². The fourth-order valence-electron chi connectivity index (χ4n) is 4.97. The highest BCUT2D eigenvalue weighted by molar-refractivity contribution is 6.06. The Morgan fingerprint density at radius 3 is 2.03 bits per heavy atom. The zero-order chi connectivity index (χ0) is 27.4. The van der Waals surface area contributed by atoms with E-state index in [2.05, 4.69) is 0 Å². The van der Waals surface area contributed by atoms with E-state index in [1.807, 2.05) is 0 Å². The Kier molecular flexibility index (Phi) is 9.43. The van der Waals surface area contributed by atoms with Crippen LogP contribution in [0.5, 0.6) is 0 Å². The van der Waals surface area contributed by atoms with Crippen LogP contribution >= 0.6 is 0 Å². The minimum absolute atomic E-state index is 0.108. The maximum atomic E-state index is 13.8. The van der Waals surface area contributed by atoms with E-state index in [-0.39, 0.29) is 30.9 Å². The number of ether oxygens (including phenoxy) is 6. The van der Waals surface area contributed by atoms with Crippen LogP contribution in [-0.4, -0.2) is 49.8 Å². The van der Waals surface area contributed by atoms with Gasteiger partial charge in [0.1, 0.15) is 11.2 Å². The van der Waals surface area contributed by atoms with Crippen LogP contribution in [0.15, 0.2) is 0 Å². The van der Waals surface area contributed by atoms with Gasteiger partial charge in [-0.1, -0.05) is 12.8 Å². The number of fused-ring (bicyclic) bond motifs is 1. The molecule has 0 fully saturated rings. The third-order valence-corrected chi connectivity index (χ3v) is 6.58. The van der Waals surface area contributed by atoms with Gasteiger partial charge in [0.05, 0.1) is 30.9 Å². The first kappa shape index (κ1) is 29.6. The Bertz CT molecular complexity index is 985. The van der Waals surface area contributed by atoms with E-state index < -0.39 is 28.9 Å². The number of rotatable bonds is 5. The van der Waals surface area contributed by atoms with Crippen LogP contribution in [-0.2, 0) is 54.7 Å². The van der Waals surface area contributed by atoms with E-state index in [9.17, 15) is 9.59 Å². The summed E-state index contributed by atoms with van der Waals surface area (Å²) >= 11 is 0. The normalized spacial score (nSPS) is 21.0. The lowest BCUT2D eigenvalue weighted by Gasteiger charge is -2.40. The summed E-state index contributed by atoms with van der Waals surface area (Å²) in [7, 11) is 3.22. The predicted octanol–water partition coefficient (Wildman–Crippen LogP) is 5.64. The van der Waals surface area contributed by atoms with E-state index in [4.69, 9.17) is 28.4 Å². The van der Waals surface area contributed by atoms with Crippen molar-refractivity contribution in [2.75, 3.05) is 20.8 Å². The van der Waals surface area contributed by atoms with Gasteiger partial charge in [0.25, 0.3) is 0 Å². The molecular formula is C29H44O8. The molecule has 0 N–H and O–H groups in total. The molecule has 2 heterocycles. The summed E-state index contributed by atoms with van der Waals surface area (Å²) in [5.74, 6) is -2.01. The van der Waals surface area contributed by atoms with Gasteiger partial charge in [0.15, 0.2) is 5.79 Å².